The Balaban J connectivity index is 1.94. The van der Waals surface area contributed by atoms with Crippen LogP contribution in [0.3, 0.4) is 0 Å². The topological polar surface area (TPSA) is 32.3 Å². The normalized spacial score (nSPS) is 26.6. The molecule has 1 aliphatic rings. The number of nitrogens with one attached hydrogen (secondary N) is 1. The van der Waals surface area contributed by atoms with Gasteiger partial charge in [-0.3, -0.25) is 0 Å². The molecule has 0 aliphatic heterocycles. The molecule has 2 N–H and O–H groups in total. The van der Waals surface area contributed by atoms with Crippen molar-refractivity contribution in [1.29, 1.82) is 0 Å². The average Bonchev–Trinajstić information content (AvgIpc) is 2.62. The fraction of sp³-hybridized carbons (Fsp3) is 0.625. The van der Waals surface area contributed by atoms with Gasteiger partial charge >= 0.3 is 0 Å². The SMILES string of the molecule is CC1CCCC(N[C@H](CO)c2ccccc2)CC1. The second-order valence-corrected chi connectivity index (χ2v) is 5.62. The highest BCUT2D eigenvalue weighted by atomic mass is 16.3. The lowest BCUT2D eigenvalue weighted by Gasteiger charge is -2.24. The van der Waals surface area contributed by atoms with Gasteiger partial charge in [-0.25, -0.2) is 0 Å². The first-order chi connectivity index (χ1) is 8.79. The van der Waals surface area contributed by atoms with Gasteiger partial charge in [-0.05, 0) is 30.7 Å². The molecular formula is C16H25NO. The van der Waals surface area contributed by atoms with Crippen molar-refractivity contribution in [2.45, 2.75) is 51.1 Å². The highest BCUT2D eigenvalue weighted by molar-refractivity contribution is 5.19. The van der Waals surface area contributed by atoms with Crippen molar-refractivity contribution in [3.63, 3.8) is 0 Å². The smallest absolute Gasteiger partial charge is 0.0626 e. The van der Waals surface area contributed by atoms with Crippen molar-refractivity contribution in [3.05, 3.63) is 35.9 Å². The highest BCUT2D eigenvalue weighted by Gasteiger charge is 2.19. The standard InChI is InChI=1S/C16H25NO/c1-13-6-5-9-15(11-10-13)17-16(12-18)14-7-3-2-4-8-14/h2-4,7-8,13,15-18H,5-6,9-12H2,1H3/t13?,15?,16-/m1/s1. The average molecular weight is 247 g/mol. The first-order valence-electron chi connectivity index (χ1n) is 7.21. The second-order valence-electron chi connectivity index (χ2n) is 5.62. The molecule has 1 saturated carbocycles. The summed E-state index contributed by atoms with van der Waals surface area (Å²) < 4.78 is 0. The highest BCUT2D eigenvalue weighted by Crippen LogP contribution is 2.24. The molecule has 1 aromatic carbocycles. The maximum absolute atomic E-state index is 9.57. The number of aliphatic hydroxyl groups is 1. The summed E-state index contributed by atoms with van der Waals surface area (Å²) in [5.41, 5.74) is 1.19. The minimum Gasteiger partial charge on any atom is -0.394 e. The van der Waals surface area contributed by atoms with Crippen molar-refractivity contribution in [2.75, 3.05) is 6.61 Å². The lowest BCUT2D eigenvalue weighted by molar-refractivity contribution is 0.228. The Labute approximate surface area is 110 Å². The molecule has 2 nitrogen and oxygen atoms in total. The Kier molecular flexibility index (Phi) is 5.21. The molecule has 1 aromatic rings. The molecule has 100 valence electrons. The van der Waals surface area contributed by atoms with E-state index in [0.717, 1.165) is 5.92 Å². The van der Waals surface area contributed by atoms with Gasteiger partial charge in [-0.1, -0.05) is 50.1 Å². The van der Waals surface area contributed by atoms with Gasteiger partial charge in [-0.15, -0.1) is 0 Å². The lowest BCUT2D eigenvalue weighted by Crippen LogP contribution is -2.34. The van der Waals surface area contributed by atoms with Crippen LogP contribution in [0.25, 0.3) is 0 Å². The van der Waals surface area contributed by atoms with Gasteiger partial charge in [0.1, 0.15) is 0 Å². The van der Waals surface area contributed by atoms with Gasteiger partial charge in [0.2, 0.25) is 0 Å². The van der Waals surface area contributed by atoms with Gasteiger partial charge in [0.05, 0.1) is 12.6 Å². The van der Waals surface area contributed by atoms with Crippen LogP contribution in [0.15, 0.2) is 30.3 Å². The Morgan fingerprint density at radius 3 is 2.67 bits per heavy atom. The predicted molar refractivity (Wildman–Crippen MR) is 75.4 cm³/mol. The molecule has 0 amide bonds. The zero-order chi connectivity index (χ0) is 12.8. The van der Waals surface area contributed by atoms with Crippen LogP contribution in [-0.4, -0.2) is 17.8 Å². The van der Waals surface area contributed by atoms with E-state index in [1.807, 2.05) is 18.2 Å². The lowest BCUT2D eigenvalue weighted by atomic mass is 10.0. The largest absolute Gasteiger partial charge is 0.394 e. The van der Waals surface area contributed by atoms with Crippen LogP contribution < -0.4 is 5.32 Å². The van der Waals surface area contributed by atoms with Crippen molar-refractivity contribution in [3.8, 4) is 0 Å². The molecule has 2 rings (SSSR count). The summed E-state index contributed by atoms with van der Waals surface area (Å²) in [5.74, 6) is 0.862. The number of aliphatic hydroxyl groups excluding tert-OH is 1. The zero-order valence-electron chi connectivity index (χ0n) is 11.3. The molecule has 0 bridgehead atoms. The minimum atomic E-state index is 0.0876. The molecular weight excluding hydrogens is 222 g/mol. The number of benzene rings is 1. The molecule has 1 aliphatic carbocycles. The molecule has 2 heteroatoms. The molecule has 18 heavy (non-hydrogen) atoms. The van der Waals surface area contributed by atoms with Gasteiger partial charge in [-0.2, -0.15) is 0 Å². The third-order valence-electron chi connectivity index (χ3n) is 4.08. The van der Waals surface area contributed by atoms with E-state index in [4.69, 9.17) is 0 Å². The van der Waals surface area contributed by atoms with E-state index in [1.54, 1.807) is 0 Å². The predicted octanol–water partition coefficient (Wildman–Crippen LogP) is 3.28. The van der Waals surface area contributed by atoms with Crippen LogP contribution in [0.4, 0.5) is 0 Å². The molecule has 3 atom stereocenters. The molecule has 0 radical (unpaired) electrons. The summed E-state index contributed by atoms with van der Waals surface area (Å²) in [5, 5.41) is 13.2. The quantitative estimate of drug-likeness (QED) is 0.800. The maximum atomic E-state index is 9.57. The van der Waals surface area contributed by atoms with Gasteiger partial charge in [0.15, 0.2) is 0 Å². The van der Waals surface area contributed by atoms with Crippen LogP contribution in [0.1, 0.15) is 50.6 Å². The maximum Gasteiger partial charge on any atom is 0.0626 e. The molecule has 1 fully saturated rings. The third kappa shape index (κ3) is 3.82. The Hall–Kier alpha value is -0.860. The van der Waals surface area contributed by atoms with Gasteiger partial charge in [0.25, 0.3) is 0 Å². The van der Waals surface area contributed by atoms with E-state index >= 15 is 0 Å². The van der Waals surface area contributed by atoms with Crippen LogP contribution in [-0.2, 0) is 0 Å². The van der Waals surface area contributed by atoms with Gasteiger partial charge in [0, 0.05) is 6.04 Å². The van der Waals surface area contributed by atoms with Crippen LogP contribution in [0, 0.1) is 5.92 Å². The molecule has 2 unspecified atom stereocenters. The van der Waals surface area contributed by atoms with Crippen molar-refractivity contribution in [2.24, 2.45) is 5.92 Å². The summed E-state index contributed by atoms with van der Waals surface area (Å²) in [6.07, 6.45) is 6.46. The zero-order valence-corrected chi connectivity index (χ0v) is 11.3. The Bertz CT molecular complexity index is 338. The van der Waals surface area contributed by atoms with E-state index in [2.05, 4.69) is 24.4 Å². The molecule has 0 saturated heterocycles. The Morgan fingerprint density at radius 2 is 1.94 bits per heavy atom. The Morgan fingerprint density at radius 1 is 1.17 bits per heavy atom. The fourth-order valence-electron chi connectivity index (χ4n) is 2.88. The number of rotatable bonds is 4. The summed E-state index contributed by atoms with van der Waals surface area (Å²) in [6.45, 7) is 2.53. The molecule has 0 aromatic heterocycles. The van der Waals surface area contributed by atoms with Crippen LogP contribution in [0.5, 0.6) is 0 Å². The van der Waals surface area contributed by atoms with Crippen LogP contribution >= 0.6 is 0 Å². The molecule has 0 heterocycles. The van der Waals surface area contributed by atoms with E-state index < -0.39 is 0 Å². The van der Waals surface area contributed by atoms with Crippen molar-refractivity contribution in [1.82, 2.24) is 5.32 Å². The van der Waals surface area contributed by atoms with Gasteiger partial charge < -0.3 is 10.4 Å². The second kappa shape index (κ2) is 6.91. The summed E-state index contributed by atoms with van der Waals surface area (Å²) in [6, 6.07) is 10.9. The minimum absolute atomic E-state index is 0.0876. The van der Waals surface area contributed by atoms with E-state index in [9.17, 15) is 5.11 Å². The summed E-state index contributed by atoms with van der Waals surface area (Å²) >= 11 is 0. The first-order valence-corrected chi connectivity index (χ1v) is 7.21. The summed E-state index contributed by atoms with van der Waals surface area (Å²) in [4.78, 5) is 0. The first kappa shape index (κ1) is 13.6. The number of hydrogen-bond acceptors (Lipinski definition) is 2. The monoisotopic (exact) mass is 247 g/mol. The van der Waals surface area contributed by atoms with Crippen molar-refractivity contribution >= 4 is 0 Å². The van der Waals surface area contributed by atoms with Crippen LogP contribution in [0.2, 0.25) is 0 Å². The van der Waals surface area contributed by atoms with E-state index in [1.165, 1.54) is 37.7 Å². The fourth-order valence-corrected chi connectivity index (χ4v) is 2.88. The summed E-state index contributed by atoms with van der Waals surface area (Å²) in [7, 11) is 0. The number of hydrogen-bond donors (Lipinski definition) is 2. The van der Waals surface area contributed by atoms with Crippen molar-refractivity contribution < 1.29 is 5.11 Å². The van der Waals surface area contributed by atoms with E-state index in [-0.39, 0.29) is 12.6 Å². The van der Waals surface area contributed by atoms with E-state index in [0.29, 0.717) is 6.04 Å². The molecule has 0 spiro atoms. The third-order valence-corrected chi connectivity index (χ3v) is 4.08.